The molecule has 2 N–H and O–H groups in total. The van der Waals surface area contributed by atoms with Crippen LogP contribution in [0, 0.1) is 11.6 Å². The zero-order valence-electron chi connectivity index (χ0n) is 17.1. The van der Waals surface area contributed by atoms with Gasteiger partial charge >= 0.3 is 0 Å². The van der Waals surface area contributed by atoms with Crippen LogP contribution < -0.4 is 10.6 Å². The van der Waals surface area contributed by atoms with Crippen molar-refractivity contribution < 1.29 is 13.5 Å². The van der Waals surface area contributed by atoms with Gasteiger partial charge in [-0.25, -0.2) is 13.8 Å². The van der Waals surface area contributed by atoms with Gasteiger partial charge < -0.3 is 15.4 Å². The molecule has 1 aliphatic rings. The molecule has 1 heterocycles. The molecule has 0 bridgehead atoms. The lowest BCUT2D eigenvalue weighted by molar-refractivity contribution is 0.0170. The van der Waals surface area contributed by atoms with Crippen LogP contribution in [0.5, 0.6) is 0 Å². The smallest absolute Gasteiger partial charge is 0.191 e. The third-order valence-corrected chi connectivity index (χ3v) is 4.91. The minimum Gasteiger partial charge on any atom is -0.379 e. The molecule has 0 aromatic heterocycles. The topological polar surface area (TPSA) is 48.9 Å². The molecule has 5 nitrogen and oxygen atoms in total. The number of aliphatic imine (C=N–C) groups is 1. The van der Waals surface area contributed by atoms with Crippen molar-refractivity contribution in [2.45, 2.75) is 19.5 Å². The minimum atomic E-state index is -0.260. The largest absolute Gasteiger partial charge is 0.379 e. The van der Waals surface area contributed by atoms with E-state index in [9.17, 15) is 8.78 Å². The highest BCUT2D eigenvalue weighted by Crippen LogP contribution is 2.21. The molecule has 1 fully saturated rings. The Kier molecular flexibility index (Phi) is 10.5. The van der Waals surface area contributed by atoms with Gasteiger partial charge in [-0.05, 0) is 30.7 Å². The van der Waals surface area contributed by atoms with Crippen molar-refractivity contribution in [1.82, 2.24) is 15.5 Å². The highest BCUT2D eigenvalue weighted by Gasteiger charge is 2.23. The van der Waals surface area contributed by atoms with Crippen LogP contribution in [-0.4, -0.2) is 50.3 Å². The summed E-state index contributed by atoms with van der Waals surface area (Å²) in [5, 5.41) is 6.57. The van der Waals surface area contributed by atoms with Gasteiger partial charge in [0.05, 0.1) is 25.8 Å². The zero-order chi connectivity index (χ0) is 20.5. The molecule has 0 aliphatic carbocycles. The second kappa shape index (κ2) is 12.8. The van der Waals surface area contributed by atoms with Gasteiger partial charge in [-0.3, -0.25) is 4.90 Å². The van der Waals surface area contributed by atoms with Gasteiger partial charge in [0, 0.05) is 31.7 Å². The maximum Gasteiger partial charge on any atom is 0.191 e. The number of hydrogen-bond donors (Lipinski definition) is 2. The monoisotopic (exact) mass is 530 g/mol. The summed E-state index contributed by atoms with van der Waals surface area (Å²) in [7, 11) is 0. The van der Waals surface area contributed by atoms with Gasteiger partial charge in [-0.1, -0.05) is 30.3 Å². The Bertz CT molecular complexity index is 798. The number of rotatable bonds is 7. The maximum absolute atomic E-state index is 13.9. The van der Waals surface area contributed by atoms with Crippen molar-refractivity contribution in [3.05, 3.63) is 71.3 Å². The van der Waals surface area contributed by atoms with Crippen molar-refractivity contribution >= 4 is 29.9 Å². The number of guanidine groups is 1. The van der Waals surface area contributed by atoms with Crippen LogP contribution in [0.1, 0.15) is 24.1 Å². The summed E-state index contributed by atoms with van der Waals surface area (Å²) < 4.78 is 32.7. The average molecular weight is 530 g/mol. The molecule has 8 heteroatoms. The maximum atomic E-state index is 13.9. The van der Waals surface area contributed by atoms with Crippen molar-refractivity contribution in [3.8, 4) is 0 Å². The second-order valence-corrected chi connectivity index (χ2v) is 6.88. The Morgan fingerprint density at radius 2 is 1.77 bits per heavy atom. The Hall–Kier alpha value is -1.78. The summed E-state index contributed by atoms with van der Waals surface area (Å²) in [6.45, 7) is 6.51. The first-order valence-corrected chi connectivity index (χ1v) is 10.00. The summed E-state index contributed by atoms with van der Waals surface area (Å²) in [5.74, 6) is 0.114. The number of hydrogen-bond acceptors (Lipinski definition) is 3. The van der Waals surface area contributed by atoms with Crippen LogP contribution in [0.25, 0.3) is 0 Å². The molecule has 30 heavy (non-hydrogen) atoms. The number of nitrogens with zero attached hydrogens (tertiary/aromatic N) is 2. The number of benzene rings is 2. The van der Waals surface area contributed by atoms with E-state index in [4.69, 9.17) is 4.74 Å². The Morgan fingerprint density at radius 1 is 1.07 bits per heavy atom. The third-order valence-electron chi connectivity index (χ3n) is 4.91. The van der Waals surface area contributed by atoms with Crippen LogP contribution in [-0.2, 0) is 11.3 Å². The summed E-state index contributed by atoms with van der Waals surface area (Å²) in [6.07, 6.45) is 0. The van der Waals surface area contributed by atoms with Gasteiger partial charge in [0.25, 0.3) is 0 Å². The molecule has 164 valence electrons. The minimum absolute atomic E-state index is 0. The molecule has 0 amide bonds. The fourth-order valence-electron chi connectivity index (χ4n) is 3.36. The lowest BCUT2D eigenvalue weighted by Crippen LogP contribution is -2.46. The molecular weight excluding hydrogens is 501 g/mol. The van der Waals surface area contributed by atoms with Crippen LogP contribution in [0.3, 0.4) is 0 Å². The molecule has 0 spiro atoms. The first-order valence-electron chi connectivity index (χ1n) is 10.00. The zero-order valence-corrected chi connectivity index (χ0v) is 19.4. The molecule has 0 saturated carbocycles. The number of ether oxygens (including phenoxy) is 1. The second-order valence-electron chi connectivity index (χ2n) is 6.88. The van der Waals surface area contributed by atoms with Crippen LogP contribution in [0.15, 0.2) is 53.5 Å². The Morgan fingerprint density at radius 3 is 2.43 bits per heavy atom. The van der Waals surface area contributed by atoms with E-state index in [2.05, 4.69) is 20.5 Å². The van der Waals surface area contributed by atoms with E-state index in [-0.39, 0.29) is 48.2 Å². The highest BCUT2D eigenvalue weighted by atomic mass is 127. The lowest BCUT2D eigenvalue weighted by Gasteiger charge is -2.35. The van der Waals surface area contributed by atoms with Crippen molar-refractivity contribution in [1.29, 1.82) is 0 Å². The fourth-order valence-corrected chi connectivity index (χ4v) is 3.36. The van der Waals surface area contributed by atoms with Crippen molar-refractivity contribution in [3.63, 3.8) is 0 Å². The predicted octanol–water partition coefficient (Wildman–Crippen LogP) is 3.71. The van der Waals surface area contributed by atoms with Crippen molar-refractivity contribution in [2.24, 2.45) is 4.99 Å². The lowest BCUT2D eigenvalue weighted by atomic mass is 10.0. The number of nitrogens with one attached hydrogen (secondary N) is 2. The first-order chi connectivity index (χ1) is 14.2. The molecule has 1 unspecified atom stereocenters. The fraction of sp³-hybridized carbons (Fsp3) is 0.409. The van der Waals surface area contributed by atoms with E-state index in [1.54, 1.807) is 18.2 Å². The Labute approximate surface area is 193 Å². The number of morpholine rings is 1. The van der Waals surface area contributed by atoms with Crippen LogP contribution in [0.2, 0.25) is 0 Å². The third kappa shape index (κ3) is 7.17. The van der Waals surface area contributed by atoms with E-state index >= 15 is 0 Å². The van der Waals surface area contributed by atoms with Gasteiger partial charge in [0.15, 0.2) is 5.96 Å². The van der Waals surface area contributed by atoms with Gasteiger partial charge in [0.2, 0.25) is 0 Å². The summed E-state index contributed by atoms with van der Waals surface area (Å²) in [6, 6.07) is 13.3. The number of halogens is 3. The van der Waals surface area contributed by atoms with E-state index < -0.39 is 0 Å². The van der Waals surface area contributed by atoms with Gasteiger partial charge in [-0.15, -0.1) is 24.0 Å². The quantitative estimate of drug-likeness (QED) is 0.326. The summed E-state index contributed by atoms with van der Waals surface area (Å²) in [4.78, 5) is 6.84. The summed E-state index contributed by atoms with van der Waals surface area (Å²) >= 11 is 0. The average Bonchev–Trinajstić information content (AvgIpc) is 2.75. The molecule has 0 radical (unpaired) electrons. The standard InChI is InChI=1S/C22H28F2N4O.HI/c1-2-25-22(26-15-18-5-3-4-6-20(18)24)27-16-21(28-11-13-29-14-12-28)17-7-9-19(23)10-8-17;/h3-10,21H,2,11-16H2,1H3,(H2,25,26,27);1H. The Balaban J connectivity index is 0.00000320. The molecule has 2 aromatic rings. The van der Waals surface area contributed by atoms with E-state index in [1.165, 1.54) is 18.2 Å². The van der Waals surface area contributed by atoms with Crippen LogP contribution in [0.4, 0.5) is 8.78 Å². The van der Waals surface area contributed by atoms with E-state index in [0.29, 0.717) is 37.8 Å². The molecule has 3 rings (SSSR count). The predicted molar refractivity (Wildman–Crippen MR) is 126 cm³/mol. The molecular formula is C22H29F2IN4O. The molecule has 1 saturated heterocycles. The molecule has 1 atom stereocenters. The van der Waals surface area contributed by atoms with Crippen molar-refractivity contribution in [2.75, 3.05) is 39.4 Å². The van der Waals surface area contributed by atoms with Gasteiger partial charge in [-0.2, -0.15) is 0 Å². The normalized spacial score (nSPS) is 15.9. The van der Waals surface area contributed by atoms with Gasteiger partial charge in [0.1, 0.15) is 11.6 Å². The van der Waals surface area contributed by atoms with E-state index in [0.717, 1.165) is 18.7 Å². The van der Waals surface area contributed by atoms with Crippen LogP contribution >= 0.6 is 24.0 Å². The molecule has 1 aliphatic heterocycles. The SMILES string of the molecule is CCNC(=NCc1ccccc1F)NCC(c1ccc(F)cc1)N1CCOCC1.I. The first kappa shape index (κ1) is 24.5. The summed E-state index contributed by atoms with van der Waals surface area (Å²) in [5.41, 5.74) is 1.58. The highest BCUT2D eigenvalue weighted by molar-refractivity contribution is 14.0. The molecule has 2 aromatic carbocycles. The van der Waals surface area contributed by atoms with E-state index in [1.807, 2.05) is 19.1 Å².